The zero-order valence-electron chi connectivity index (χ0n) is 13.4. The summed E-state index contributed by atoms with van der Waals surface area (Å²) in [5.41, 5.74) is 1.56. The lowest BCUT2D eigenvalue weighted by molar-refractivity contribution is -0.124. The molecule has 0 saturated carbocycles. The number of carbonyl (C=O) groups excluding carboxylic acids is 1. The van der Waals surface area contributed by atoms with Crippen molar-refractivity contribution in [3.8, 4) is 5.75 Å². The van der Waals surface area contributed by atoms with E-state index in [0.717, 1.165) is 23.4 Å². The first-order valence-corrected chi connectivity index (χ1v) is 7.59. The lowest BCUT2D eigenvalue weighted by Crippen LogP contribution is -2.29. The summed E-state index contributed by atoms with van der Waals surface area (Å²) in [7, 11) is 0. The number of benzene rings is 2. The van der Waals surface area contributed by atoms with Gasteiger partial charge in [-0.15, -0.1) is 0 Å². The Balaban J connectivity index is 1.92. The van der Waals surface area contributed by atoms with Crippen molar-refractivity contribution in [1.82, 2.24) is 0 Å². The van der Waals surface area contributed by atoms with E-state index in [0.29, 0.717) is 6.61 Å². The molecule has 0 aliphatic heterocycles. The Hall–Kier alpha value is -2.29. The zero-order valence-corrected chi connectivity index (χ0v) is 13.4. The van der Waals surface area contributed by atoms with Crippen LogP contribution in [0.4, 0.5) is 5.69 Å². The van der Waals surface area contributed by atoms with Crippen LogP contribution in [0.15, 0.2) is 54.6 Å². The molecule has 0 aliphatic carbocycles. The molecule has 3 nitrogen and oxygen atoms in total. The average Bonchev–Trinajstić information content (AvgIpc) is 2.55. The molecule has 0 spiro atoms. The van der Waals surface area contributed by atoms with E-state index in [4.69, 9.17) is 4.74 Å². The molecule has 0 radical (unpaired) electrons. The predicted octanol–water partition coefficient (Wildman–Crippen LogP) is 4.64. The summed E-state index contributed by atoms with van der Waals surface area (Å²) in [6.45, 7) is 6.44. The van der Waals surface area contributed by atoms with Crippen LogP contribution in [0.1, 0.15) is 32.8 Å². The Morgan fingerprint density at radius 1 is 1.05 bits per heavy atom. The van der Waals surface area contributed by atoms with Gasteiger partial charge in [-0.1, -0.05) is 51.1 Å². The van der Waals surface area contributed by atoms with Crippen molar-refractivity contribution < 1.29 is 9.53 Å². The summed E-state index contributed by atoms with van der Waals surface area (Å²) >= 11 is 0. The molecule has 0 aromatic heterocycles. The smallest absolute Gasteiger partial charge is 0.230 e. The lowest BCUT2D eigenvalue weighted by atomic mass is 9.89. The van der Waals surface area contributed by atoms with E-state index in [1.165, 1.54) is 0 Å². The molecular weight excluding hydrogens is 274 g/mol. The number of ether oxygens (including phenoxy) is 1. The molecule has 22 heavy (non-hydrogen) atoms. The minimum Gasteiger partial charge on any atom is -0.489 e. The second-order valence-electron chi connectivity index (χ2n) is 5.99. The second-order valence-corrected chi connectivity index (χ2v) is 5.99. The van der Waals surface area contributed by atoms with Crippen LogP contribution in [0, 0.1) is 5.41 Å². The summed E-state index contributed by atoms with van der Waals surface area (Å²) in [6, 6.07) is 17.5. The molecule has 0 atom stereocenters. The fourth-order valence-corrected chi connectivity index (χ4v) is 1.84. The largest absolute Gasteiger partial charge is 0.489 e. The van der Waals surface area contributed by atoms with E-state index in [1.807, 2.05) is 75.4 Å². The van der Waals surface area contributed by atoms with Crippen molar-refractivity contribution in [2.24, 2.45) is 5.41 Å². The minimum atomic E-state index is -0.359. The van der Waals surface area contributed by atoms with Gasteiger partial charge in [-0.25, -0.2) is 0 Å². The quantitative estimate of drug-likeness (QED) is 0.843. The zero-order chi connectivity index (χ0) is 16.0. The summed E-state index contributed by atoms with van der Waals surface area (Å²) in [4.78, 5) is 12.1. The fourth-order valence-electron chi connectivity index (χ4n) is 1.84. The molecule has 2 aromatic rings. The maximum absolute atomic E-state index is 12.1. The normalized spacial score (nSPS) is 11.0. The van der Waals surface area contributed by atoms with E-state index >= 15 is 0 Å². The highest BCUT2D eigenvalue weighted by Gasteiger charge is 2.25. The predicted molar refractivity (Wildman–Crippen MR) is 89.9 cm³/mol. The van der Waals surface area contributed by atoms with Crippen molar-refractivity contribution in [3.63, 3.8) is 0 Å². The van der Waals surface area contributed by atoms with Crippen molar-refractivity contribution in [2.75, 3.05) is 5.32 Å². The van der Waals surface area contributed by atoms with Gasteiger partial charge in [0.05, 0.1) is 0 Å². The van der Waals surface area contributed by atoms with Gasteiger partial charge >= 0.3 is 0 Å². The molecule has 2 aromatic carbocycles. The molecule has 3 heteroatoms. The van der Waals surface area contributed by atoms with Gasteiger partial charge in [-0.2, -0.15) is 0 Å². The summed E-state index contributed by atoms with van der Waals surface area (Å²) in [6.07, 6.45) is 0.803. The molecule has 1 N–H and O–H groups in total. The molecule has 0 aliphatic rings. The van der Waals surface area contributed by atoms with Crippen LogP contribution in [0.5, 0.6) is 5.75 Å². The highest BCUT2D eigenvalue weighted by Crippen LogP contribution is 2.23. The SMILES string of the molecule is CCC(C)(C)C(=O)Nc1ccc(OCc2ccccc2)cc1. The molecule has 1 amide bonds. The van der Waals surface area contributed by atoms with Gasteiger partial charge < -0.3 is 10.1 Å². The number of amides is 1. The Bertz CT molecular complexity index is 603. The summed E-state index contributed by atoms with van der Waals surface area (Å²) in [5, 5.41) is 2.94. The first-order chi connectivity index (χ1) is 10.5. The van der Waals surface area contributed by atoms with Gasteiger partial charge in [0, 0.05) is 11.1 Å². The number of hydrogen-bond acceptors (Lipinski definition) is 2. The van der Waals surface area contributed by atoms with E-state index in [2.05, 4.69) is 5.32 Å². The standard InChI is InChI=1S/C19H23NO2/c1-4-19(2,3)18(21)20-16-10-12-17(13-11-16)22-14-15-8-6-5-7-9-15/h5-13H,4,14H2,1-3H3,(H,20,21). The Morgan fingerprint density at radius 3 is 2.27 bits per heavy atom. The third kappa shape index (κ3) is 4.35. The maximum atomic E-state index is 12.1. The Kier molecular flexibility index (Phi) is 5.21. The second kappa shape index (κ2) is 7.12. The number of nitrogens with one attached hydrogen (secondary N) is 1. The van der Waals surface area contributed by atoms with E-state index in [1.54, 1.807) is 0 Å². The van der Waals surface area contributed by atoms with Crippen LogP contribution in [0.2, 0.25) is 0 Å². The first kappa shape index (κ1) is 16.1. The van der Waals surface area contributed by atoms with Gasteiger partial charge in [0.15, 0.2) is 0 Å². The average molecular weight is 297 g/mol. The van der Waals surface area contributed by atoms with E-state index in [-0.39, 0.29) is 11.3 Å². The van der Waals surface area contributed by atoms with Crippen LogP contribution < -0.4 is 10.1 Å². The minimum absolute atomic E-state index is 0.0351. The molecule has 0 bridgehead atoms. The van der Waals surface area contributed by atoms with Crippen LogP contribution in [-0.2, 0) is 11.4 Å². The van der Waals surface area contributed by atoms with Gasteiger partial charge in [-0.05, 0) is 36.2 Å². The number of carbonyl (C=O) groups is 1. The van der Waals surface area contributed by atoms with Crippen LogP contribution in [0.25, 0.3) is 0 Å². The monoisotopic (exact) mass is 297 g/mol. The van der Waals surface area contributed by atoms with Crippen molar-refractivity contribution in [3.05, 3.63) is 60.2 Å². The Morgan fingerprint density at radius 2 is 1.68 bits per heavy atom. The summed E-state index contributed by atoms with van der Waals surface area (Å²) in [5.74, 6) is 0.824. The summed E-state index contributed by atoms with van der Waals surface area (Å²) < 4.78 is 5.73. The topological polar surface area (TPSA) is 38.3 Å². The fraction of sp³-hybridized carbons (Fsp3) is 0.316. The molecular formula is C19H23NO2. The van der Waals surface area contributed by atoms with Gasteiger partial charge in [0.2, 0.25) is 5.91 Å². The third-order valence-electron chi connectivity index (χ3n) is 3.86. The third-order valence-corrected chi connectivity index (χ3v) is 3.86. The molecule has 0 fully saturated rings. The molecule has 0 saturated heterocycles. The highest BCUT2D eigenvalue weighted by molar-refractivity contribution is 5.94. The first-order valence-electron chi connectivity index (χ1n) is 7.59. The van der Waals surface area contributed by atoms with Gasteiger partial charge in [0.25, 0.3) is 0 Å². The van der Waals surface area contributed by atoms with Crippen LogP contribution in [0.3, 0.4) is 0 Å². The molecule has 2 rings (SSSR count). The van der Waals surface area contributed by atoms with Gasteiger partial charge in [0.1, 0.15) is 12.4 Å². The van der Waals surface area contributed by atoms with Crippen LogP contribution >= 0.6 is 0 Å². The lowest BCUT2D eigenvalue weighted by Gasteiger charge is -2.21. The number of rotatable bonds is 6. The van der Waals surface area contributed by atoms with Crippen LogP contribution in [-0.4, -0.2) is 5.91 Å². The van der Waals surface area contributed by atoms with Crippen molar-refractivity contribution >= 4 is 11.6 Å². The van der Waals surface area contributed by atoms with E-state index in [9.17, 15) is 4.79 Å². The number of hydrogen-bond donors (Lipinski definition) is 1. The molecule has 116 valence electrons. The Labute approximate surface area is 132 Å². The number of anilines is 1. The van der Waals surface area contributed by atoms with E-state index < -0.39 is 0 Å². The highest BCUT2D eigenvalue weighted by atomic mass is 16.5. The maximum Gasteiger partial charge on any atom is 0.230 e. The van der Waals surface area contributed by atoms with Crippen molar-refractivity contribution in [2.45, 2.75) is 33.8 Å². The molecule has 0 heterocycles. The molecule has 0 unspecified atom stereocenters. The van der Waals surface area contributed by atoms with Crippen molar-refractivity contribution in [1.29, 1.82) is 0 Å². The van der Waals surface area contributed by atoms with Gasteiger partial charge in [-0.3, -0.25) is 4.79 Å².